The summed E-state index contributed by atoms with van der Waals surface area (Å²) in [6.45, 7) is 5.82. The van der Waals surface area contributed by atoms with Crippen LogP contribution in [0.5, 0.6) is 0 Å². The number of anilines is 1. The van der Waals surface area contributed by atoms with E-state index in [1.54, 1.807) is 12.1 Å². The Bertz CT molecular complexity index is 326. The minimum absolute atomic E-state index is 0.453. The molecule has 70 valence electrons. The van der Waals surface area contributed by atoms with Crippen molar-refractivity contribution in [3.05, 3.63) is 28.3 Å². The van der Waals surface area contributed by atoms with Gasteiger partial charge in [0.15, 0.2) is 0 Å². The Morgan fingerprint density at radius 2 is 1.92 bits per heavy atom. The zero-order valence-electron chi connectivity index (χ0n) is 8.06. The van der Waals surface area contributed by atoms with Crippen molar-refractivity contribution < 1.29 is 0 Å². The highest BCUT2D eigenvalue weighted by Gasteiger charge is 2.01. The molecule has 0 aliphatic rings. The van der Waals surface area contributed by atoms with Gasteiger partial charge < -0.3 is 5.73 Å². The van der Waals surface area contributed by atoms with E-state index in [2.05, 4.69) is 0 Å². The Hall–Kier alpha value is -1.20. The molecule has 0 aromatic heterocycles. The normalized spacial score (nSPS) is 8.23. The SMILES string of the molecule is CC.Cc1cc(Cl)c(N)cc1C#N. The number of aryl methyl sites for hydroxylation is 1. The van der Waals surface area contributed by atoms with Crippen molar-refractivity contribution in [2.75, 3.05) is 5.73 Å². The maximum absolute atomic E-state index is 8.59. The number of hydrogen-bond acceptors (Lipinski definition) is 2. The first-order valence-corrected chi connectivity index (χ1v) is 4.48. The van der Waals surface area contributed by atoms with E-state index in [4.69, 9.17) is 22.6 Å². The summed E-state index contributed by atoms with van der Waals surface area (Å²) < 4.78 is 0. The molecule has 1 aromatic rings. The molecule has 1 rings (SSSR count). The lowest BCUT2D eigenvalue weighted by molar-refractivity contribution is 1.39. The monoisotopic (exact) mass is 196 g/mol. The standard InChI is InChI=1S/C8H7ClN2.C2H6/c1-5-2-7(9)8(11)3-6(5)4-10;1-2/h2-3H,11H2,1H3;1-2H3. The van der Waals surface area contributed by atoms with Crippen LogP contribution in [0.1, 0.15) is 25.0 Å². The topological polar surface area (TPSA) is 49.8 Å². The van der Waals surface area contributed by atoms with Crippen LogP contribution in [0.4, 0.5) is 5.69 Å². The van der Waals surface area contributed by atoms with Crippen molar-refractivity contribution in [1.29, 1.82) is 5.26 Å². The predicted octanol–water partition coefficient (Wildman–Crippen LogP) is 3.13. The van der Waals surface area contributed by atoms with Gasteiger partial charge in [-0.25, -0.2) is 0 Å². The van der Waals surface area contributed by atoms with Gasteiger partial charge >= 0.3 is 0 Å². The lowest BCUT2D eigenvalue weighted by Crippen LogP contribution is -1.90. The van der Waals surface area contributed by atoms with Gasteiger partial charge in [0, 0.05) is 0 Å². The second kappa shape index (κ2) is 5.45. The van der Waals surface area contributed by atoms with Gasteiger partial charge in [-0.2, -0.15) is 5.26 Å². The molecular weight excluding hydrogens is 184 g/mol. The number of nitrogens with two attached hydrogens (primary N) is 1. The van der Waals surface area contributed by atoms with E-state index in [-0.39, 0.29) is 0 Å². The number of rotatable bonds is 0. The fourth-order valence-corrected chi connectivity index (χ4v) is 1.03. The van der Waals surface area contributed by atoms with E-state index in [0.29, 0.717) is 16.3 Å². The number of nitrogens with zero attached hydrogens (tertiary/aromatic N) is 1. The third-order valence-corrected chi connectivity index (χ3v) is 1.79. The van der Waals surface area contributed by atoms with Gasteiger partial charge in [-0.3, -0.25) is 0 Å². The van der Waals surface area contributed by atoms with Crippen LogP contribution in [-0.4, -0.2) is 0 Å². The average Bonchev–Trinajstić information content (AvgIpc) is 2.15. The molecule has 0 fully saturated rings. The summed E-state index contributed by atoms with van der Waals surface area (Å²) in [4.78, 5) is 0. The fraction of sp³-hybridized carbons (Fsp3) is 0.300. The third-order valence-electron chi connectivity index (χ3n) is 1.46. The van der Waals surface area contributed by atoms with Crippen LogP contribution in [0.15, 0.2) is 12.1 Å². The lowest BCUT2D eigenvalue weighted by Gasteiger charge is -2.00. The molecule has 0 bridgehead atoms. The quantitative estimate of drug-likeness (QED) is 0.649. The molecule has 0 unspecified atom stereocenters. The number of hydrogen-bond donors (Lipinski definition) is 1. The first-order valence-electron chi connectivity index (χ1n) is 4.11. The van der Waals surface area contributed by atoms with Crippen molar-refractivity contribution in [2.24, 2.45) is 0 Å². The zero-order chi connectivity index (χ0) is 10.4. The van der Waals surface area contributed by atoms with Crippen LogP contribution >= 0.6 is 11.6 Å². The van der Waals surface area contributed by atoms with Crippen LogP contribution in [-0.2, 0) is 0 Å². The number of benzene rings is 1. The Morgan fingerprint density at radius 1 is 1.38 bits per heavy atom. The van der Waals surface area contributed by atoms with Crippen molar-refractivity contribution in [3.63, 3.8) is 0 Å². The molecule has 1 aromatic carbocycles. The summed E-state index contributed by atoms with van der Waals surface area (Å²) >= 11 is 5.71. The predicted molar refractivity (Wildman–Crippen MR) is 56.7 cm³/mol. The summed E-state index contributed by atoms with van der Waals surface area (Å²) in [6.07, 6.45) is 0. The molecule has 13 heavy (non-hydrogen) atoms. The zero-order valence-corrected chi connectivity index (χ0v) is 8.81. The molecule has 0 amide bonds. The lowest BCUT2D eigenvalue weighted by atomic mass is 10.1. The summed E-state index contributed by atoms with van der Waals surface area (Å²) in [7, 11) is 0. The smallest absolute Gasteiger partial charge is 0.0995 e. The van der Waals surface area contributed by atoms with Crippen molar-refractivity contribution in [3.8, 4) is 6.07 Å². The number of nitrogen functional groups attached to an aromatic ring is 1. The molecular formula is C10H13ClN2. The Morgan fingerprint density at radius 3 is 2.38 bits per heavy atom. The van der Waals surface area contributed by atoms with Crippen molar-refractivity contribution in [2.45, 2.75) is 20.8 Å². The van der Waals surface area contributed by atoms with Gasteiger partial charge in [-0.05, 0) is 24.6 Å². The molecule has 0 heterocycles. The maximum atomic E-state index is 8.59. The second-order valence-corrected chi connectivity index (χ2v) is 2.71. The Labute approximate surface area is 83.9 Å². The van der Waals surface area contributed by atoms with E-state index < -0.39 is 0 Å². The molecule has 2 nitrogen and oxygen atoms in total. The van der Waals surface area contributed by atoms with Crippen LogP contribution < -0.4 is 5.73 Å². The maximum Gasteiger partial charge on any atom is 0.0995 e. The van der Waals surface area contributed by atoms with E-state index >= 15 is 0 Å². The fourth-order valence-electron chi connectivity index (χ4n) is 0.810. The van der Waals surface area contributed by atoms with Crippen LogP contribution in [0, 0.1) is 18.3 Å². The summed E-state index contributed by atoms with van der Waals surface area (Å²) in [5, 5.41) is 9.09. The third kappa shape index (κ3) is 2.96. The van der Waals surface area contributed by atoms with Gasteiger partial charge in [0.2, 0.25) is 0 Å². The number of halogens is 1. The molecule has 3 heteroatoms. The highest BCUT2D eigenvalue weighted by molar-refractivity contribution is 6.33. The molecule has 0 aliphatic carbocycles. The first kappa shape index (κ1) is 11.8. The van der Waals surface area contributed by atoms with Gasteiger partial charge in [-0.1, -0.05) is 25.4 Å². The van der Waals surface area contributed by atoms with Gasteiger partial charge in [0.1, 0.15) is 0 Å². The minimum atomic E-state index is 0.453. The van der Waals surface area contributed by atoms with E-state index in [1.807, 2.05) is 26.8 Å². The molecule has 0 radical (unpaired) electrons. The first-order chi connectivity index (χ1) is 6.15. The largest absolute Gasteiger partial charge is 0.397 e. The van der Waals surface area contributed by atoms with Gasteiger partial charge in [0.05, 0.1) is 22.3 Å². The molecule has 0 aliphatic heterocycles. The van der Waals surface area contributed by atoms with E-state index in [1.165, 1.54) is 0 Å². The molecule has 0 atom stereocenters. The number of nitriles is 1. The summed E-state index contributed by atoms with van der Waals surface area (Å²) in [6, 6.07) is 5.30. The summed E-state index contributed by atoms with van der Waals surface area (Å²) in [5.74, 6) is 0. The summed E-state index contributed by atoms with van der Waals surface area (Å²) in [5.41, 5.74) is 7.36. The Kier molecular flexibility index (Phi) is 4.94. The molecule has 0 saturated heterocycles. The highest BCUT2D eigenvalue weighted by atomic mass is 35.5. The van der Waals surface area contributed by atoms with Gasteiger partial charge in [0.25, 0.3) is 0 Å². The van der Waals surface area contributed by atoms with Crippen LogP contribution in [0.25, 0.3) is 0 Å². The van der Waals surface area contributed by atoms with Gasteiger partial charge in [-0.15, -0.1) is 0 Å². The average molecular weight is 197 g/mol. The highest BCUT2D eigenvalue weighted by Crippen LogP contribution is 2.22. The van der Waals surface area contributed by atoms with Crippen LogP contribution in [0.2, 0.25) is 5.02 Å². The molecule has 0 saturated carbocycles. The minimum Gasteiger partial charge on any atom is -0.397 e. The second-order valence-electron chi connectivity index (χ2n) is 2.30. The van der Waals surface area contributed by atoms with Crippen LogP contribution in [0.3, 0.4) is 0 Å². The molecule has 0 spiro atoms. The van der Waals surface area contributed by atoms with E-state index in [0.717, 1.165) is 5.56 Å². The Balaban J connectivity index is 0.000000671. The molecule has 2 N–H and O–H groups in total. The van der Waals surface area contributed by atoms with Crippen molar-refractivity contribution >= 4 is 17.3 Å². The van der Waals surface area contributed by atoms with Crippen molar-refractivity contribution in [1.82, 2.24) is 0 Å². The van der Waals surface area contributed by atoms with E-state index in [9.17, 15) is 0 Å².